The van der Waals surface area contributed by atoms with Gasteiger partial charge in [-0.1, -0.05) is 47.5 Å². The van der Waals surface area contributed by atoms with Gasteiger partial charge in [-0.2, -0.15) is 9.78 Å². The molecule has 0 spiro atoms. The van der Waals surface area contributed by atoms with Gasteiger partial charge in [0.2, 0.25) is 5.69 Å². The summed E-state index contributed by atoms with van der Waals surface area (Å²) in [6.45, 7) is 3.90. The molecule has 1 N–H and O–H groups in total. The van der Waals surface area contributed by atoms with Crippen molar-refractivity contribution >= 4 is 17.5 Å². The number of aromatic nitrogens is 3. The zero-order chi connectivity index (χ0) is 20.3. The second-order valence-electron chi connectivity index (χ2n) is 6.22. The molecule has 0 aliphatic heterocycles. The number of benzene rings is 2. The zero-order valence-electron chi connectivity index (χ0n) is 15.5. The molecule has 1 amide bonds. The van der Waals surface area contributed by atoms with Crippen molar-refractivity contribution in [3.63, 3.8) is 0 Å². The van der Waals surface area contributed by atoms with Crippen LogP contribution in [0.5, 0.6) is 0 Å². The van der Waals surface area contributed by atoms with Gasteiger partial charge in [-0.15, -0.1) is 0 Å². The molecule has 7 nitrogen and oxygen atoms in total. The molecular weight excluding hydrogens is 380 g/mol. The average Bonchev–Trinajstić information content (AvgIpc) is 2.68. The molecule has 0 fully saturated rings. The van der Waals surface area contributed by atoms with Crippen molar-refractivity contribution in [2.24, 2.45) is 0 Å². The van der Waals surface area contributed by atoms with Crippen molar-refractivity contribution in [3.05, 3.63) is 91.2 Å². The molecule has 3 rings (SSSR count). The van der Waals surface area contributed by atoms with E-state index in [2.05, 4.69) is 10.4 Å². The van der Waals surface area contributed by atoms with E-state index < -0.39 is 17.2 Å². The second kappa shape index (κ2) is 8.22. The first-order valence-corrected chi connectivity index (χ1v) is 9.13. The summed E-state index contributed by atoms with van der Waals surface area (Å²) in [6, 6.07) is 14.0. The molecule has 0 radical (unpaired) electrons. The van der Waals surface area contributed by atoms with E-state index in [0.717, 1.165) is 14.8 Å². The lowest BCUT2D eigenvalue weighted by Crippen LogP contribution is -2.46. The maximum Gasteiger partial charge on any atom is 0.352 e. The molecule has 144 valence electrons. The van der Waals surface area contributed by atoms with E-state index in [1.165, 1.54) is 0 Å². The lowest BCUT2D eigenvalue weighted by Gasteiger charge is -2.13. The highest BCUT2D eigenvalue weighted by molar-refractivity contribution is 6.31. The van der Waals surface area contributed by atoms with Crippen molar-refractivity contribution in [2.45, 2.75) is 20.4 Å². The number of nitrogens with zero attached hydrogens (tertiary/aromatic N) is 3. The molecule has 0 aliphatic carbocycles. The Labute approximate surface area is 166 Å². The van der Waals surface area contributed by atoms with Crippen molar-refractivity contribution < 1.29 is 4.79 Å². The molecule has 0 saturated carbocycles. The Morgan fingerprint density at radius 2 is 1.79 bits per heavy atom. The van der Waals surface area contributed by atoms with E-state index in [1.807, 2.05) is 19.1 Å². The van der Waals surface area contributed by atoms with Crippen molar-refractivity contribution in [1.29, 1.82) is 0 Å². The van der Waals surface area contributed by atoms with E-state index in [4.69, 9.17) is 11.6 Å². The van der Waals surface area contributed by atoms with E-state index in [0.29, 0.717) is 22.8 Å². The summed E-state index contributed by atoms with van der Waals surface area (Å²) in [4.78, 5) is 38.2. The molecule has 0 aliphatic rings. The molecule has 0 atom stereocenters. The van der Waals surface area contributed by atoms with Crippen LogP contribution in [0, 0.1) is 6.92 Å². The van der Waals surface area contributed by atoms with Gasteiger partial charge in [0.1, 0.15) is 0 Å². The molecule has 0 unspecified atom stereocenters. The lowest BCUT2D eigenvalue weighted by atomic mass is 10.2. The molecule has 1 heterocycles. The van der Waals surface area contributed by atoms with Gasteiger partial charge in [0.15, 0.2) is 0 Å². The maximum absolute atomic E-state index is 13.0. The van der Waals surface area contributed by atoms with Crippen LogP contribution in [0.1, 0.15) is 28.5 Å². The normalized spacial score (nSPS) is 10.7. The number of hydrogen-bond acceptors (Lipinski definition) is 4. The first-order valence-electron chi connectivity index (χ1n) is 8.75. The largest absolute Gasteiger partial charge is 0.352 e. The van der Waals surface area contributed by atoms with Gasteiger partial charge < -0.3 is 5.32 Å². The number of rotatable bonds is 5. The van der Waals surface area contributed by atoms with Crippen LogP contribution in [0.3, 0.4) is 0 Å². The summed E-state index contributed by atoms with van der Waals surface area (Å²) in [5, 5.41) is 7.02. The molecule has 0 bridgehead atoms. The van der Waals surface area contributed by atoms with Crippen LogP contribution in [0.2, 0.25) is 5.02 Å². The summed E-state index contributed by atoms with van der Waals surface area (Å²) < 4.78 is 2.03. The smallest absolute Gasteiger partial charge is 0.351 e. The van der Waals surface area contributed by atoms with Crippen LogP contribution in [0.25, 0.3) is 5.69 Å². The van der Waals surface area contributed by atoms with Gasteiger partial charge in [-0.25, -0.2) is 4.79 Å². The summed E-state index contributed by atoms with van der Waals surface area (Å²) in [5.74, 6) is -0.638. The quantitative estimate of drug-likeness (QED) is 0.713. The van der Waals surface area contributed by atoms with Gasteiger partial charge in [-0.05, 0) is 37.6 Å². The minimum atomic E-state index is -0.765. The van der Waals surface area contributed by atoms with E-state index >= 15 is 0 Å². The van der Waals surface area contributed by atoms with E-state index in [1.54, 1.807) is 43.3 Å². The fourth-order valence-corrected chi connectivity index (χ4v) is 2.89. The van der Waals surface area contributed by atoms with Crippen LogP contribution >= 0.6 is 11.6 Å². The standard InChI is InChI=1S/C20H19ClN4O3/c1-3-22-18(26)17-19(27)24(12-14-6-4-5-7-16(14)21)20(28)25(23-17)15-10-8-13(2)9-11-15/h4-11H,3,12H2,1-2H3,(H,22,26). The number of carbonyl (C=O) groups excluding carboxylic acids is 1. The van der Waals surface area contributed by atoms with Crippen molar-refractivity contribution in [2.75, 3.05) is 6.54 Å². The Bertz CT molecular complexity index is 1130. The molecule has 0 saturated heterocycles. The summed E-state index contributed by atoms with van der Waals surface area (Å²) >= 11 is 6.19. The average molecular weight is 399 g/mol. The highest BCUT2D eigenvalue weighted by Crippen LogP contribution is 2.15. The van der Waals surface area contributed by atoms with Crippen molar-refractivity contribution in [3.8, 4) is 5.69 Å². The highest BCUT2D eigenvalue weighted by atomic mass is 35.5. The van der Waals surface area contributed by atoms with Crippen molar-refractivity contribution in [1.82, 2.24) is 19.7 Å². The Morgan fingerprint density at radius 3 is 2.43 bits per heavy atom. The predicted molar refractivity (Wildman–Crippen MR) is 107 cm³/mol. The Kier molecular flexibility index (Phi) is 5.75. The third-order valence-electron chi connectivity index (χ3n) is 4.18. The minimum absolute atomic E-state index is 0.0713. The fourth-order valence-electron chi connectivity index (χ4n) is 2.69. The Hall–Kier alpha value is -3.19. The number of carbonyl (C=O) groups is 1. The van der Waals surface area contributed by atoms with Gasteiger partial charge in [0, 0.05) is 11.6 Å². The number of hydrogen-bond donors (Lipinski definition) is 1. The molecule has 8 heteroatoms. The third kappa shape index (κ3) is 3.89. The monoisotopic (exact) mass is 398 g/mol. The topological polar surface area (TPSA) is 86.0 Å². The minimum Gasteiger partial charge on any atom is -0.351 e. The molecule has 3 aromatic rings. The van der Waals surface area contributed by atoms with E-state index in [9.17, 15) is 14.4 Å². The van der Waals surface area contributed by atoms with Crippen LogP contribution in [0.4, 0.5) is 0 Å². The first-order chi connectivity index (χ1) is 13.4. The summed E-state index contributed by atoms with van der Waals surface area (Å²) in [7, 11) is 0. The lowest BCUT2D eigenvalue weighted by molar-refractivity contribution is 0.0946. The van der Waals surface area contributed by atoms with Crippen LogP contribution < -0.4 is 16.6 Å². The number of aryl methyl sites for hydroxylation is 1. The molecule has 2 aromatic carbocycles. The highest BCUT2D eigenvalue weighted by Gasteiger charge is 2.20. The number of nitrogens with one attached hydrogen (secondary N) is 1. The van der Waals surface area contributed by atoms with Gasteiger partial charge in [-0.3, -0.25) is 14.2 Å². The van der Waals surface area contributed by atoms with Crippen LogP contribution in [-0.4, -0.2) is 26.8 Å². The third-order valence-corrected chi connectivity index (χ3v) is 4.55. The SMILES string of the molecule is CCNC(=O)c1nn(-c2ccc(C)cc2)c(=O)n(Cc2ccccc2Cl)c1=O. The number of halogens is 1. The molecule has 1 aromatic heterocycles. The second-order valence-corrected chi connectivity index (χ2v) is 6.63. The number of amides is 1. The fraction of sp³-hybridized carbons (Fsp3) is 0.200. The van der Waals surface area contributed by atoms with Gasteiger partial charge in [0.25, 0.3) is 11.5 Å². The zero-order valence-corrected chi connectivity index (χ0v) is 16.2. The molecular formula is C20H19ClN4O3. The van der Waals surface area contributed by atoms with Gasteiger partial charge >= 0.3 is 5.69 Å². The van der Waals surface area contributed by atoms with Crippen LogP contribution in [-0.2, 0) is 6.54 Å². The van der Waals surface area contributed by atoms with E-state index in [-0.39, 0.29) is 12.2 Å². The predicted octanol–water partition coefficient (Wildman–Crippen LogP) is 2.15. The first kappa shape index (κ1) is 19.6. The Morgan fingerprint density at radius 1 is 1.11 bits per heavy atom. The van der Waals surface area contributed by atoms with Crippen LogP contribution in [0.15, 0.2) is 58.1 Å². The Balaban J connectivity index is 2.23. The summed E-state index contributed by atoms with van der Waals surface area (Å²) in [5.41, 5.74) is 0.279. The van der Waals surface area contributed by atoms with Gasteiger partial charge in [0.05, 0.1) is 12.2 Å². The maximum atomic E-state index is 13.0. The summed E-state index contributed by atoms with van der Waals surface area (Å²) in [6.07, 6.45) is 0. The molecule has 28 heavy (non-hydrogen) atoms.